The van der Waals surface area contributed by atoms with Gasteiger partial charge in [0.25, 0.3) is 0 Å². The molecule has 6 nitrogen and oxygen atoms in total. The Balaban J connectivity index is 1.76. The van der Waals surface area contributed by atoms with Gasteiger partial charge in [-0.05, 0) is 46.4 Å². The van der Waals surface area contributed by atoms with E-state index >= 15 is 0 Å². The van der Waals surface area contributed by atoms with E-state index in [1.165, 1.54) is 0 Å². The largest absolute Gasteiger partial charge is 0.496 e. The van der Waals surface area contributed by atoms with Gasteiger partial charge in [-0.15, -0.1) is 0 Å². The van der Waals surface area contributed by atoms with Gasteiger partial charge in [0.15, 0.2) is 0 Å². The lowest BCUT2D eigenvalue weighted by Gasteiger charge is -2.17. The lowest BCUT2D eigenvalue weighted by atomic mass is 9.99. The summed E-state index contributed by atoms with van der Waals surface area (Å²) in [7, 11) is 11.4. The highest BCUT2D eigenvalue weighted by Gasteiger charge is 2.18. The normalized spacial score (nSPS) is 11.3. The number of halogens is 2. The van der Waals surface area contributed by atoms with E-state index in [-0.39, 0.29) is 0 Å². The quantitative estimate of drug-likeness (QED) is 0.225. The van der Waals surface area contributed by atoms with E-state index in [0.29, 0.717) is 21.6 Å². The van der Waals surface area contributed by atoms with Crippen LogP contribution < -0.4 is 9.47 Å². The molecular weight excluding hydrogens is 519 g/mol. The summed E-state index contributed by atoms with van der Waals surface area (Å²) in [5, 5.41) is 1.07. The van der Waals surface area contributed by atoms with Gasteiger partial charge in [0.05, 0.1) is 35.7 Å². The molecule has 0 N–H and O–H groups in total. The van der Waals surface area contributed by atoms with Crippen molar-refractivity contribution in [1.29, 1.82) is 0 Å². The third-order valence-electron chi connectivity index (χ3n) is 6.12. The fourth-order valence-electron chi connectivity index (χ4n) is 4.41. The number of benzene rings is 2. The first-order valence-electron chi connectivity index (χ1n) is 12.2. The minimum absolute atomic E-state index is 0.515. The maximum absolute atomic E-state index is 6.99. The van der Waals surface area contributed by atoms with E-state index in [4.69, 9.17) is 37.7 Å². The molecule has 2 heterocycles. The van der Waals surface area contributed by atoms with Gasteiger partial charge in [0.2, 0.25) is 5.88 Å². The molecule has 0 radical (unpaired) electrons. The zero-order valence-electron chi connectivity index (χ0n) is 22.5. The highest BCUT2D eigenvalue weighted by Crippen LogP contribution is 2.42. The number of ether oxygens (including phenoxy) is 2. The maximum Gasteiger partial charge on any atom is 0.218 e. The summed E-state index contributed by atoms with van der Waals surface area (Å²) in [5.74, 6) is 1.37. The summed E-state index contributed by atoms with van der Waals surface area (Å²) < 4.78 is 11.2. The van der Waals surface area contributed by atoms with E-state index in [2.05, 4.69) is 14.8 Å². The standard InChI is InChI=1S/C30H32Cl2N4O2/c1-35(2)17-20-11-10-19(16-26(20)37-5)29-28(32)23(14-15-33-29)22-8-7-9-24(27(22)31)25-13-12-21(18-36(3)4)30(34-25)38-6/h7-16H,17-18H2,1-6H3. The number of rotatable bonds is 9. The molecule has 0 bridgehead atoms. The molecule has 4 rings (SSSR count). The van der Waals surface area contributed by atoms with Gasteiger partial charge in [0, 0.05) is 52.7 Å². The zero-order chi connectivity index (χ0) is 27.4. The van der Waals surface area contributed by atoms with Gasteiger partial charge < -0.3 is 19.3 Å². The zero-order valence-corrected chi connectivity index (χ0v) is 24.1. The predicted molar refractivity (Wildman–Crippen MR) is 156 cm³/mol. The van der Waals surface area contributed by atoms with Gasteiger partial charge >= 0.3 is 0 Å². The van der Waals surface area contributed by atoms with Crippen molar-refractivity contribution in [2.24, 2.45) is 0 Å². The van der Waals surface area contributed by atoms with Crippen molar-refractivity contribution in [2.45, 2.75) is 13.1 Å². The van der Waals surface area contributed by atoms with Gasteiger partial charge in [-0.3, -0.25) is 4.98 Å². The molecule has 0 fully saturated rings. The van der Waals surface area contributed by atoms with Crippen LogP contribution in [0.1, 0.15) is 11.1 Å². The van der Waals surface area contributed by atoms with Crippen LogP contribution in [0.15, 0.2) is 60.8 Å². The lowest BCUT2D eigenvalue weighted by molar-refractivity contribution is 0.362. The molecule has 0 aliphatic heterocycles. The molecule has 0 saturated carbocycles. The van der Waals surface area contributed by atoms with Crippen molar-refractivity contribution in [3.63, 3.8) is 0 Å². The Morgan fingerprint density at radius 2 is 1.39 bits per heavy atom. The monoisotopic (exact) mass is 550 g/mol. The number of hydrogen-bond acceptors (Lipinski definition) is 6. The molecule has 0 spiro atoms. The highest BCUT2D eigenvalue weighted by atomic mass is 35.5. The van der Waals surface area contributed by atoms with Crippen molar-refractivity contribution in [1.82, 2.24) is 19.8 Å². The Kier molecular flexibility index (Phi) is 8.90. The van der Waals surface area contributed by atoms with Crippen molar-refractivity contribution < 1.29 is 9.47 Å². The van der Waals surface area contributed by atoms with Crippen LogP contribution in [-0.4, -0.2) is 62.2 Å². The summed E-state index contributed by atoms with van der Waals surface area (Å²) in [6.45, 7) is 1.49. The van der Waals surface area contributed by atoms with E-state index in [0.717, 1.165) is 57.9 Å². The van der Waals surface area contributed by atoms with Gasteiger partial charge in [0.1, 0.15) is 5.75 Å². The Labute approximate surface area is 234 Å². The first-order chi connectivity index (χ1) is 18.2. The molecular formula is C30H32Cl2N4O2. The molecule has 198 valence electrons. The van der Waals surface area contributed by atoms with Crippen LogP contribution in [0.3, 0.4) is 0 Å². The van der Waals surface area contributed by atoms with Crippen LogP contribution in [0, 0.1) is 0 Å². The van der Waals surface area contributed by atoms with E-state index in [1.807, 2.05) is 82.8 Å². The van der Waals surface area contributed by atoms with Crippen molar-refractivity contribution in [3.05, 3.63) is 82.0 Å². The van der Waals surface area contributed by atoms with E-state index < -0.39 is 0 Å². The van der Waals surface area contributed by atoms with Crippen molar-refractivity contribution >= 4 is 23.2 Å². The topological polar surface area (TPSA) is 50.7 Å². The Bertz CT molecular complexity index is 1330. The van der Waals surface area contributed by atoms with Crippen molar-refractivity contribution in [3.8, 4) is 45.3 Å². The summed E-state index contributed by atoms with van der Waals surface area (Å²) in [6.07, 6.45) is 1.75. The van der Waals surface area contributed by atoms with Crippen molar-refractivity contribution in [2.75, 3.05) is 42.4 Å². The summed E-state index contributed by atoms with van der Waals surface area (Å²) in [5.41, 5.74) is 6.72. The predicted octanol–water partition coefficient (Wildman–Crippen LogP) is 6.92. The molecule has 38 heavy (non-hydrogen) atoms. The summed E-state index contributed by atoms with van der Waals surface area (Å²) in [6, 6.07) is 17.8. The molecule has 0 unspecified atom stereocenters. The van der Waals surface area contributed by atoms with Crippen LogP contribution in [0.25, 0.3) is 33.6 Å². The second kappa shape index (κ2) is 12.1. The molecule has 0 amide bonds. The number of aromatic nitrogens is 2. The fourth-order valence-corrected chi connectivity index (χ4v) is 5.06. The number of pyridine rings is 2. The third-order valence-corrected chi connectivity index (χ3v) is 6.91. The van der Waals surface area contributed by atoms with E-state index in [1.54, 1.807) is 20.4 Å². The van der Waals surface area contributed by atoms with Gasteiger partial charge in [-0.25, -0.2) is 4.98 Å². The minimum atomic E-state index is 0.515. The smallest absolute Gasteiger partial charge is 0.218 e. The van der Waals surface area contributed by atoms with Gasteiger partial charge in [-0.1, -0.05) is 59.6 Å². The average Bonchev–Trinajstić information content (AvgIpc) is 2.89. The SMILES string of the molecule is COc1cc(-c2nccc(-c3cccc(-c4ccc(CN(C)C)c(OC)n4)c3Cl)c2Cl)ccc1CN(C)C. The van der Waals surface area contributed by atoms with Gasteiger partial charge in [-0.2, -0.15) is 0 Å². The second-order valence-corrected chi connectivity index (χ2v) is 10.3. The number of hydrogen-bond donors (Lipinski definition) is 0. The molecule has 8 heteroatoms. The summed E-state index contributed by atoms with van der Waals surface area (Å²) in [4.78, 5) is 13.5. The molecule has 2 aromatic carbocycles. The van der Waals surface area contributed by atoms with Crippen LogP contribution in [0.5, 0.6) is 11.6 Å². The first kappa shape index (κ1) is 27.9. The maximum atomic E-state index is 6.99. The molecule has 0 saturated heterocycles. The Morgan fingerprint density at radius 1 is 0.737 bits per heavy atom. The van der Waals surface area contributed by atoms with Crippen LogP contribution in [0.2, 0.25) is 10.0 Å². The fraction of sp³-hybridized carbons (Fsp3) is 0.267. The molecule has 0 aliphatic rings. The van der Waals surface area contributed by atoms with E-state index in [9.17, 15) is 0 Å². The molecule has 4 aromatic rings. The lowest BCUT2D eigenvalue weighted by Crippen LogP contribution is -2.12. The Hall–Kier alpha value is -3.16. The molecule has 0 atom stereocenters. The highest BCUT2D eigenvalue weighted by molar-refractivity contribution is 6.39. The van der Waals surface area contributed by atoms with Crippen LogP contribution >= 0.6 is 23.2 Å². The molecule has 0 aliphatic carbocycles. The summed E-state index contributed by atoms with van der Waals surface area (Å²) >= 11 is 14.0. The second-order valence-electron chi connectivity index (χ2n) is 9.56. The Morgan fingerprint density at radius 3 is 2.08 bits per heavy atom. The third kappa shape index (κ3) is 5.94. The average molecular weight is 552 g/mol. The first-order valence-corrected chi connectivity index (χ1v) is 12.9. The molecule has 2 aromatic heterocycles. The number of methoxy groups -OCH3 is 2. The minimum Gasteiger partial charge on any atom is -0.496 e. The van der Waals surface area contributed by atoms with Crippen LogP contribution in [0.4, 0.5) is 0 Å². The number of nitrogens with zero attached hydrogens (tertiary/aromatic N) is 4. The van der Waals surface area contributed by atoms with Crippen LogP contribution in [-0.2, 0) is 13.1 Å².